The van der Waals surface area contributed by atoms with E-state index in [9.17, 15) is 9.59 Å². The molecule has 0 saturated heterocycles. The highest BCUT2D eigenvalue weighted by molar-refractivity contribution is 8.00. The molecule has 0 unspecified atom stereocenters. The summed E-state index contributed by atoms with van der Waals surface area (Å²) in [6.45, 7) is 0.512. The molecule has 2 aromatic rings. The van der Waals surface area contributed by atoms with Gasteiger partial charge >= 0.3 is 5.97 Å². The maximum absolute atomic E-state index is 11.7. The molecule has 0 fully saturated rings. The summed E-state index contributed by atoms with van der Waals surface area (Å²) in [5.74, 6) is -0.883. The molecule has 1 aromatic heterocycles. The van der Waals surface area contributed by atoms with E-state index in [1.54, 1.807) is 29.5 Å². The van der Waals surface area contributed by atoms with Crippen LogP contribution in [0.2, 0.25) is 0 Å². The summed E-state index contributed by atoms with van der Waals surface area (Å²) in [5.41, 5.74) is 0.226. The van der Waals surface area contributed by atoms with Crippen molar-refractivity contribution in [2.75, 3.05) is 5.75 Å². The Morgan fingerprint density at radius 2 is 2.00 bits per heavy atom. The van der Waals surface area contributed by atoms with E-state index in [-0.39, 0.29) is 17.2 Å². The topological polar surface area (TPSA) is 66.4 Å². The molecule has 0 aliphatic heterocycles. The molecule has 0 spiro atoms. The zero-order chi connectivity index (χ0) is 14.4. The average molecular weight is 307 g/mol. The van der Waals surface area contributed by atoms with Gasteiger partial charge in [0.15, 0.2) is 0 Å². The van der Waals surface area contributed by atoms with Gasteiger partial charge in [-0.25, -0.2) is 4.79 Å². The van der Waals surface area contributed by atoms with Crippen LogP contribution in [0.4, 0.5) is 0 Å². The van der Waals surface area contributed by atoms with Crippen LogP contribution in [0.3, 0.4) is 0 Å². The molecule has 4 nitrogen and oxygen atoms in total. The smallest absolute Gasteiger partial charge is 0.336 e. The van der Waals surface area contributed by atoms with Gasteiger partial charge in [-0.3, -0.25) is 4.79 Å². The maximum atomic E-state index is 11.7. The second-order valence-electron chi connectivity index (χ2n) is 3.95. The highest BCUT2D eigenvalue weighted by Gasteiger charge is 2.11. The number of rotatable bonds is 6. The number of amides is 1. The van der Waals surface area contributed by atoms with Crippen molar-refractivity contribution in [3.8, 4) is 0 Å². The van der Waals surface area contributed by atoms with E-state index in [1.807, 2.05) is 17.5 Å². The molecule has 1 amide bonds. The van der Waals surface area contributed by atoms with Gasteiger partial charge in [-0.15, -0.1) is 23.1 Å². The third kappa shape index (κ3) is 4.11. The van der Waals surface area contributed by atoms with Crippen LogP contribution < -0.4 is 5.32 Å². The molecule has 2 N–H and O–H groups in total. The summed E-state index contributed by atoms with van der Waals surface area (Å²) in [7, 11) is 0. The largest absolute Gasteiger partial charge is 0.478 e. The summed E-state index contributed by atoms with van der Waals surface area (Å²) in [5, 5.41) is 13.8. The molecule has 0 atom stereocenters. The van der Waals surface area contributed by atoms with Crippen molar-refractivity contribution in [2.45, 2.75) is 11.4 Å². The average Bonchev–Trinajstić information content (AvgIpc) is 2.96. The quantitative estimate of drug-likeness (QED) is 0.805. The Morgan fingerprint density at radius 1 is 1.20 bits per heavy atom. The van der Waals surface area contributed by atoms with Gasteiger partial charge in [0.25, 0.3) is 0 Å². The molecule has 20 heavy (non-hydrogen) atoms. The number of carboxylic acids is 1. The van der Waals surface area contributed by atoms with Crippen molar-refractivity contribution in [1.82, 2.24) is 5.32 Å². The van der Waals surface area contributed by atoms with E-state index in [0.29, 0.717) is 11.4 Å². The zero-order valence-electron chi connectivity index (χ0n) is 10.5. The minimum atomic E-state index is -0.980. The van der Waals surface area contributed by atoms with Crippen LogP contribution in [0.15, 0.2) is 46.7 Å². The van der Waals surface area contributed by atoms with Gasteiger partial charge in [0.05, 0.1) is 17.9 Å². The van der Waals surface area contributed by atoms with Gasteiger partial charge in [0.1, 0.15) is 0 Å². The molecule has 104 valence electrons. The third-order valence-electron chi connectivity index (χ3n) is 2.52. The number of nitrogens with one attached hydrogen (secondary N) is 1. The molecular weight excluding hydrogens is 294 g/mol. The monoisotopic (exact) mass is 307 g/mol. The Kier molecular flexibility index (Phi) is 5.20. The lowest BCUT2D eigenvalue weighted by atomic mass is 10.2. The summed E-state index contributed by atoms with van der Waals surface area (Å²) in [6, 6.07) is 10.6. The molecule has 0 bridgehead atoms. The molecule has 0 aliphatic rings. The van der Waals surface area contributed by atoms with Crippen LogP contribution >= 0.6 is 23.1 Å². The number of thiophene rings is 1. The summed E-state index contributed by atoms with van der Waals surface area (Å²) in [6.07, 6.45) is 0. The van der Waals surface area contributed by atoms with Gasteiger partial charge in [-0.2, -0.15) is 0 Å². The van der Waals surface area contributed by atoms with E-state index in [0.717, 1.165) is 4.88 Å². The fourth-order valence-electron chi connectivity index (χ4n) is 1.56. The van der Waals surface area contributed by atoms with Gasteiger partial charge in [-0.05, 0) is 23.6 Å². The van der Waals surface area contributed by atoms with Crippen LogP contribution in [-0.4, -0.2) is 22.7 Å². The Labute approximate surface area is 124 Å². The van der Waals surface area contributed by atoms with Crippen molar-refractivity contribution < 1.29 is 14.7 Å². The molecule has 0 aliphatic carbocycles. The standard InChI is InChI=1S/C14H13NO3S2/c16-13(15-8-10-4-3-7-19-10)9-20-12-6-2-1-5-11(12)14(17)18/h1-7H,8-9H2,(H,15,16)(H,17,18). The van der Waals surface area contributed by atoms with Crippen molar-refractivity contribution in [3.63, 3.8) is 0 Å². The Balaban J connectivity index is 1.85. The maximum Gasteiger partial charge on any atom is 0.336 e. The second kappa shape index (κ2) is 7.12. The number of aromatic carboxylic acids is 1. The number of benzene rings is 1. The zero-order valence-corrected chi connectivity index (χ0v) is 12.2. The number of carbonyl (C=O) groups excluding carboxylic acids is 1. The van der Waals surface area contributed by atoms with Crippen LogP contribution in [0.5, 0.6) is 0 Å². The van der Waals surface area contributed by atoms with Crippen LogP contribution in [0.1, 0.15) is 15.2 Å². The predicted molar refractivity (Wildman–Crippen MR) is 80.3 cm³/mol. The summed E-state index contributed by atoms with van der Waals surface area (Å²) in [4.78, 5) is 24.4. The predicted octanol–water partition coefficient (Wildman–Crippen LogP) is 2.85. The van der Waals surface area contributed by atoms with E-state index < -0.39 is 5.97 Å². The Hall–Kier alpha value is -1.79. The van der Waals surface area contributed by atoms with Crippen molar-refractivity contribution in [1.29, 1.82) is 0 Å². The molecule has 1 aromatic carbocycles. The number of carbonyl (C=O) groups is 2. The van der Waals surface area contributed by atoms with E-state index in [1.165, 1.54) is 17.8 Å². The van der Waals surface area contributed by atoms with Gasteiger partial charge < -0.3 is 10.4 Å². The lowest BCUT2D eigenvalue weighted by Gasteiger charge is -2.06. The van der Waals surface area contributed by atoms with Gasteiger partial charge in [-0.1, -0.05) is 18.2 Å². The van der Waals surface area contributed by atoms with E-state index in [4.69, 9.17) is 5.11 Å². The van der Waals surface area contributed by atoms with E-state index in [2.05, 4.69) is 5.32 Å². The first kappa shape index (κ1) is 14.6. The normalized spacial score (nSPS) is 10.2. The fraction of sp³-hybridized carbons (Fsp3) is 0.143. The third-order valence-corrected chi connectivity index (χ3v) is 4.47. The van der Waals surface area contributed by atoms with Crippen molar-refractivity contribution in [2.24, 2.45) is 0 Å². The van der Waals surface area contributed by atoms with Crippen LogP contribution in [0.25, 0.3) is 0 Å². The summed E-state index contributed by atoms with van der Waals surface area (Å²) < 4.78 is 0. The SMILES string of the molecule is O=C(CSc1ccccc1C(=O)O)NCc1cccs1. The first-order valence-electron chi connectivity index (χ1n) is 5.91. The van der Waals surface area contributed by atoms with Gasteiger partial charge in [0.2, 0.25) is 5.91 Å². The highest BCUT2D eigenvalue weighted by Crippen LogP contribution is 2.22. The Morgan fingerprint density at radius 3 is 2.70 bits per heavy atom. The van der Waals surface area contributed by atoms with E-state index >= 15 is 0 Å². The van der Waals surface area contributed by atoms with Crippen LogP contribution in [-0.2, 0) is 11.3 Å². The van der Waals surface area contributed by atoms with Crippen LogP contribution in [0, 0.1) is 0 Å². The molecular formula is C14H13NO3S2. The fourth-order valence-corrected chi connectivity index (χ4v) is 3.08. The summed E-state index contributed by atoms with van der Waals surface area (Å²) >= 11 is 2.82. The first-order chi connectivity index (χ1) is 9.66. The molecule has 1 heterocycles. The molecule has 2 rings (SSSR count). The minimum absolute atomic E-state index is 0.108. The number of carboxylic acid groups (broad SMARTS) is 1. The second-order valence-corrected chi connectivity index (χ2v) is 6.00. The lowest BCUT2D eigenvalue weighted by Crippen LogP contribution is -2.24. The molecule has 6 heteroatoms. The highest BCUT2D eigenvalue weighted by atomic mass is 32.2. The minimum Gasteiger partial charge on any atom is -0.478 e. The van der Waals surface area contributed by atoms with Gasteiger partial charge in [0, 0.05) is 9.77 Å². The Bertz CT molecular complexity index is 596. The number of hydrogen-bond acceptors (Lipinski definition) is 4. The number of hydrogen-bond donors (Lipinski definition) is 2. The van der Waals surface area contributed by atoms with Crippen molar-refractivity contribution >= 4 is 35.0 Å². The molecule has 0 saturated carbocycles. The lowest BCUT2D eigenvalue weighted by molar-refractivity contribution is -0.118. The van der Waals surface area contributed by atoms with Crippen molar-refractivity contribution in [3.05, 3.63) is 52.2 Å². The first-order valence-corrected chi connectivity index (χ1v) is 7.77. The molecule has 0 radical (unpaired) electrons. The number of thioether (sulfide) groups is 1.